The summed E-state index contributed by atoms with van der Waals surface area (Å²) in [7, 11) is 0. The molecular weight excluding hydrogens is 193 g/mol. The van der Waals surface area contributed by atoms with E-state index in [9.17, 15) is 9.18 Å². The third-order valence-corrected chi connectivity index (χ3v) is 1.92. The number of carbonyl (C=O) groups excluding carboxylic acids is 1. The van der Waals surface area contributed by atoms with Crippen LogP contribution in [0, 0.1) is 5.82 Å². The van der Waals surface area contributed by atoms with Gasteiger partial charge in [0.1, 0.15) is 5.82 Å². The Hall–Kier alpha value is -1.64. The maximum atomic E-state index is 12.8. The molecule has 1 N–H and O–H groups in total. The van der Waals surface area contributed by atoms with E-state index in [4.69, 9.17) is 0 Å². The lowest BCUT2D eigenvalue weighted by Gasteiger charge is -2.03. The lowest BCUT2D eigenvalue weighted by atomic mass is 10.2. The molecule has 0 spiro atoms. The van der Waals surface area contributed by atoms with Crippen LogP contribution in [0.4, 0.5) is 4.39 Å². The zero-order valence-corrected chi connectivity index (χ0v) is 8.66. The zero-order chi connectivity index (χ0) is 11.1. The number of rotatable bonds is 4. The lowest BCUT2D eigenvalue weighted by Crippen LogP contribution is -2.24. The van der Waals surface area contributed by atoms with Crippen LogP contribution in [-0.4, -0.2) is 12.5 Å². The minimum atomic E-state index is -0.392. The molecule has 15 heavy (non-hydrogen) atoms. The van der Waals surface area contributed by atoms with E-state index in [1.807, 2.05) is 19.1 Å². The molecule has 0 radical (unpaired) electrons. The number of hydrogen-bond acceptors (Lipinski definition) is 1. The van der Waals surface area contributed by atoms with Gasteiger partial charge in [0.2, 0.25) is 0 Å². The lowest BCUT2D eigenvalue weighted by molar-refractivity contribution is 0.0954. The van der Waals surface area contributed by atoms with E-state index in [-0.39, 0.29) is 5.91 Å². The first kappa shape index (κ1) is 11.4. The molecule has 0 aliphatic carbocycles. The van der Waals surface area contributed by atoms with Crippen LogP contribution in [-0.2, 0) is 0 Å². The molecule has 0 aliphatic rings. The van der Waals surface area contributed by atoms with E-state index in [1.165, 1.54) is 18.2 Å². The molecule has 0 atom stereocenters. The molecule has 0 fully saturated rings. The summed E-state index contributed by atoms with van der Waals surface area (Å²) < 4.78 is 12.8. The van der Waals surface area contributed by atoms with Gasteiger partial charge in [0.25, 0.3) is 5.91 Å². The van der Waals surface area contributed by atoms with Gasteiger partial charge in [-0.2, -0.15) is 0 Å². The molecule has 0 aliphatic heterocycles. The Balaban J connectivity index is 2.47. The number of amides is 1. The van der Waals surface area contributed by atoms with E-state index in [2.05, 4.69) is 5.32 Å². The Morgan fingerprint density at radius 3 is 3.00 bits per heavy atom. The van der Waals surface area contributed by atoms with Crippen molar-refractivity contribution in [2.45, 2.75) is 13.3 Å². The summed E-state index contributed by atoms with van der Waals surface area (Å²) in [6, 6.07) is 5.66. The molecule has 3 heteroatoms. The first-order valence-electron chi connectivity index (χ1n) is 4.89. The summed E-state index contributed by atoms with van der Waals surface area (Å²) in [5.74, 6) is -0.630. The van der Waals surface area contributed by atoms with Gasteiger partial charge in [0.15, 0.2) is 0 Å². The molecule has 0 saturated carbocycles. The SMILES string of the molecule is C/C=C/CCNC(=O)c1cccc(F)c1. The zero-order valence-electron chi connectivity index (χ0n) is 8.66. The normalized spacial score (nSPS) is 10.5. The highest BCUT2D eigenvalue weighted by Gasteiger charge is 2.04. The van der Waals surface area contributed by atoms with Gasteiger partial charge < -0.3 is 5.32 Å². The van der Waals surface area contributed by atoms with Gasteiger partial charge in [-0.05, 0) is 31.5 Å². The predicted octanol–water partition coefficient (Wildman–Crippen LogP) is 2.52. The number of benzene rings is 1. The number of hydrogen-bond donors (Lipinski definition) is 1. The molecule has 2 nitrogen and oxygen atoms in total. The maximum absolute atomic E-state index is 12.8. The molecule has 0 bridgehead atoms. The third-order valence-electron chi connectivity index (χ3n) is 1.92. The Morgan fingerprint density at radius 1 is 1.53 bits per heavy atom. The van der Waals surface area contributed by atoms with Crippen LogP contribution in [0.1, 0.15) is 23.7 Å². The molecule has 0 aromatic heterocycles. The second-order valence-electron chi connectivity index (χ2n) is 3.12. The fraction of sp³-hybridized carbons (Fsp3) is 0.250. The van der Waals surface area contributed by atoms with Crippen molar-refractivity contribution >= 4 is 5.91 Å². The standard InChI is InChI=1S/C12H14FNO/c1-2-3-4-8-14-12(15)10-6-5-7-11(13)9-10/h2-3,5-7,9H,4,8H2,1H3,(H,14,15)/b3-2+. The summed E-state index contributed by atoms with van der Waals surface area (Å²) in [4.78, 5) is 11.5. The molecule has 0 saturated heterocycles. The predicted molar refractivity (Wildman–Crippen MR) is 58.2 cm³/mol. The molecular formula is C12H14FNO. The first-order chi connectivity index (χ1) is 7.24. The molecule has 1 rings (SSSR count). The first-order valence-corrected chi connectivity index (χ1v) is 4.89. The highest BCUT2D eigenvalue weighted by molar-refractivity contribution is 5.94. The van der Waals surface area contributed by atoms with Crippen molar-refractivity contribution in [2.75, 3.05) is 6.54 Å². The second kappa shape index (κ2) is 5.96. The van der Waals surface area contributed by atoms with E-state index in [0.29, 0.717) is 12.1 Å². The average Bonchev–Trinajstić information content (AvgIpc) is 2.24. The van der Waals surface area contributed by atoms with Gasteiger partial charge in [-0.15, -0.1) is 0 Å². The van der Waals surface area contributed by atoms with Gasteiger partial charge in [0.05, 0.1) is 0 Å². The topological polar surface area (TPSA) is 29.1 Å². The van der Waals surface area contributed by atoms with Crippen molar-refractivity contribution in [3.63, 3.8) is 0 Å². The number of allylic oxidation sites excluding steroid dienone is 1. The van der Waals surface area contributed by atoms with Gasteiger partial charge in [-0.1, -0.05) is 18.2 Å². The van der Waals surface area contributed by atoms with Crippen LogP contribution in [0.25, 0.3) is 0 Å². The monoisotopic (exact) mass is 207 g/mol. The summed E-state index contributed by atoms with van der Waals surface area (Å²) in [6.45, 7) is 2.49. The molecule has 1 aromatic rings. The molecule has 0 heterocycles. The number of carbonyl (C=O) groups is 1. The van der Waals surface area contributed by atoms with Crippen LogP contribution in [0.15, 0.2) is 36.4 Å². The highest BCUT2D eigenvalue weighted by Crippen LogP contribution is 2.02. The average molecular weight is 207 g/mol. The Morgan fingerprint density at radius 2 is 2.33 bits per heavy atom. The fourth-order valence-electron chi connectivity index (χ4n) is 1.17. The van der Waals surface area contributed by atoms with Crippen LogP contribution in [0.2, 0.25) is 0 Å². The smallest absolute Gasteiger partial charge is 0.251 e. The molecule has 1 aromatic carbocycles. The Bertz CT molecular complexity index is 360. The minimum Gasteiger partial charge on any atom is -0.352 e. The van der Waals surface area contributed by atoms with Gasteiger partial charge >= 0.3 is 0 Å². The highest BCUT2D eigenvalue weighted by atomic mass is 19.1. The summed E-state index contributed by atoms with van der Waals surface area (Å²) in [5, 5.41) is 2.70. The second-order valence-corrected chi connectivity index (χ2v) is 3.12. The van der Waals surface area contributed by atoms with Gasteiger partial charge in [-0.25, -0.2) is 4.39 Å². The van der Waals surface area contributed by atoms with Crippen LogP contribution < -0.4 is 5.32 Å². The van der Waals surface area contributed by atoms with E-state index in [0.717, 1.165) is 6.42 Å². The van der Waals surface area contributed by atoms with Crippen LogP contribution in [0.3, 0.4) is 0 Å². The van der Waals surface area contributed by atoms with Crippen molar-refractivity contribution in [2.24, 2.45) is 0 Å². The largest absolute Gasteiger partial charge is 0.352 e. The quantitative estimate of drug-likeness (QED) is 0.596. The minimum absolute atomic E-state index is 0.237. The van der Waals surface area contributed by atoms with Crippen molar-refractivity contribution in [3.8, 4) is 0 Å². The van der Waals surface area contributed by atoms with E-state index < -0.39 is 5.82 Å². The fourth-order valence-corrected chi connectivity index (χ4v) is 1.17. The third kappa shape index (κ3) is 3.94. The van der Waals surface area contributed by atoms with Crippen molar-refractivity contribution in [1.29, 1.82) is 0 Å². The summed E-state index contributed by atoms with van der Waals surface area (Å²) >= 11 is 0. The van der Waals surface area contributed by atoms with E-state index >= 15 is 0 Å². The molecule has 0 unspecified atom stereocenters. The number of nitrogens with one attached hydrogen (secondary N) is 1. The van der Waals surface area contributed by atoms with Crippen LogP contribution >= 0.6 is 0 Å². The van der Waals surface area contributed by atoms with Crippen molar-refractivity contribution in [1.82, 2.24) is 5.32 Å². The van der Waals surface area contributed by atoms with Crippen molar-refractivity contribution in [3.05, 3.63) is 47.8 Å². The number of halogens is 1. The summed E-state index contributed by atoms with van der Waals surface area (Å²) in [6.07, 6.45) is 4.68. The Labute approximate surface area is 88.8 Å². The van der Waals surface area contributed by atoms with Gasteiger partial charge in [0, 0.05) is 12.1 Å². The Kier molecular flexibility index (Phi) is 4.54. The molecule has 80 valence electrons. The van der Waals surface area contributed by atoms with Crippen molar-refractivity contribution < 1.29 is 9.18 Å². The van der Waals surface area contributed by atoms with E-state index in [1.54, 1.807) is 6.07 Å². The maximum Gasteiger partial charge on any atom is 0.251 e. The van der Waals surface area contributed by atoms with Crippen LogP contribution in [0.5, 0.6) is 0 Å². The molecule has 1 amide bonds. The van der Waals surface area contributed by atoms with Gasteiger partial charge in [-0.3, -0.25) is 4.79 Å². The summed E-state index contributed by atoms with van der Waals surface area (Å²) in [5.41, 5.74) is 0.357.